The fourth-order valence-electron chi connectivity index (χ4n) is 11.0. The summed E-state index contributed by atoms with van der Waals surface area (Å²) in [6, 6.07) is 67.3. The molecule has 270 valence electrons. The lowest BCUT2D eigenvalue weighted by Crippen LogP contribution is -1.93. The molecule has 0 atom stereocenters. The Labute approximate surface area is 335 Å². The zero-order chi connectivity index (χ0) is 38.1. The number of hydrogen-bond donors (Lipinski definition) is 0. The second-order valence-corrected chi connectivity index (χ2v) is 16.3. The molecule has 15 aromatic rings. The summed E-state index contributed by atoms with van der Waals surface area (Å²) in [5, 5.41) is 16.2. The molecular formula is C55H30N4. The van der Waals surface area contributed by atoms with Gasteiger partial charge in [-0.25, -0.2) is 4.98 Å². The van der Waals surface area contributed by atoms with Crippen LogP contribution in [0, 0.1) is 0 Å². The first-order valence-electron chi connectivity index (χ1n) is 20.4. The van der Waals surface area contributed by atoms with Gasteiger partial charge in [-0.05, 0) is 81.7 Å². The topological polar surface area (TPSA) is 26.6 Å². The van der Waals surface area contributed by atoms with Gasteiger partial charge in [0.15, 0.2) is 0 Å². The molecule has 0 bridgehead atoms. The second kappa shape index (κ2) is 10.5. The third kappa shape index (κ3) is 3.65. The number of aromatic nitrogens is 4. The molecule has 0 radical (unpaired) electrons. The number of para-hydroxylation sites is 4. The fraction of sp³-hybridized carbons (Fsp3) is 0. The molecular weight excluding hydrogens is 717 g/mol. The summed E-state index contributed by atoms with van der Waals surface area (Å²) in [5.74, 6) is 0. The average Bonchev–Trinajstić information content (AvgIpc) is 4.07. The monoisotopic (exact) mass is 746 g/mol. The lowest BCUT2D eigenvalue weighted by Gasteiger charge is -2.09. The third-order valence-electron chi connectivity index (χ3n) is 13.4. The van der Waals surface area contributed by atoms with Gasteiger partial charge < -0.3 is 8.97 Å². The van der Waals surface area contributed by atoms with Crippen LogP contribution in [-0.2, 0) is 0 Å². The average molecular weight is 747 g/mol. The van der Waals surface area contributed by atoms with Crippen LogP contribution < -0.4 is 0 Å². The van der Waals surface area contributed by atoms with Gasteiger partial charge in [0.25, 0.3) is 0 Å². The molecule has 4 heteroatoms. The molecule has 9 aromatic carbocycles. The normalized spacial score (nSPS) is 12.7. The number of benzene rings is 9. The van der Waals surface area contributed by atoms with Gasteiger partial charge in [-0.3, -0.25) is 4.40 Å². The molecule has 0 aliphatic rings. The number of fused-ring (bicyclic) bond motifs is 18. The summed E-state index contributed by atoms with van der Waals surface area (Å²) in [6.07, 6.45) is 0. The van der Waals surface area contributed by atoms with Crippen molar-refractivity contribution in [1.29, 1.82) is 0 Å². The summed E-state index contributed by atoms with van der Waals surface area (Å²) in [7, 11) is 0. The highest BCUT2D eigenvalue weighted by Gasteiger charge is 2.26. The maximum atomic E-state index is 5.79. The van der Waals surface area contributed by atoms with Crippen molar-refractivity contribution in [2.45, 2.75) is 0 Å². The van der Waals surface area contributed by atoms with Crippen molar-refractivity contribution in [3.05, 3.63) is 182 Å². The molecule has 0 amide bonds. The molecule has 15 rings (SSSR count). The van der Waals surface area contributed by atoms with Crippen molar-refractivity contribution in [1.82, 2.24) is 18.4 Å². The van der Waals surface area contributed by atoms with E-state index in [9.17, 15) is 0 Å². The molecule has 59 heavy (non-hydrogen) atoms. The second-order valence-electron chi connectivity index (χ2n) is 16.3. The minimum absolute atomic E-state index is 1.01. The zero-order valence-electron chi connectivity index (χ0n) is 31.6. The van der Waals surface area contributed by atoms with E-state index in [-0.39, 0.29) is 0 Å². The van der Waals surface area contributed by atoms with Crippen LogP contribution in [0.5, 0.6) is 0 Å². The summed E-state index contributed by atoms with van der Waals surface area (Å²) >= 11 is 0. The van der Waals surface area contributed by atoms with Gasteiger partial charge in [0.2, 0.25) is 0 Å². The molecule has 0 fully saturated rings. The Morgan fingerprint density at radius 3 is 1.85 bits per heavy atom. The Hall–Kier alpha value is -7.95. The van der Waals surface area contributed by atoms with Gasteiger partial charge >= 0.3 is 0 Å². The zero-order valence-corrected chi connectivity index (χ0v) is 31.6. The van der Waals surface area contributed by atoms with Gasteiger partial charge in [-0.1, -0.05) is 127 Å². The summed E-state index contributed by atoms with van der Waals surface area (Å²) in [6.45, 7) is 0. The highest BCUT2D eigenvalue weighted by atomic mass is 15.0. The lowest BCUT2D eigenvalue weighted by molar-refractivity contribution is 1.18. The van der Waals surface area contributed by atoms with Crippen LogP contribution in [0.3, 0.4) is 0 Å². The molecule has 6 heterocycles. The van der Waals surface area contributed by atoms with Crippen molar-refractivity contribution in [2.24, 2.45) is 0 Å². The number of nitrogens with zero attached hydrogens (tertiary/aromatic N) is 4. The van der Waals surface area contributed by atoms with E-state index in [1.54, 1.807) is 0 Å². The number of pyridine rings is 1. The van der Waals surface area contributed by atoms with Crippen LogP contribution in [0.4, 0.5) is 0 Å². The van der Waals surface area contributed by atoms with Crippen molar-refractivity contribution < 1.29 is 0 Å². The van der Waals surface area contributed by atoms with Crippen LogP contribution in [0.25, 0.3) is 137 Å². The van der Waals surface area contributed by atoms with Crippen LogP contribution in [0.2, 0.25) is 0 Å². The minimum atomic E-state index is 1.01. The first-order chi connectivity index (χ1) is 29.3. The molecule has 0 spiro atoms. The molecule has 0 aliphatic heterocycles. The van der Waals surface area contributed by atoms with E-state index < -0.39 is 0 Å². The SMILES string of the molecule is c1ccc(-n2c3ccccc3c3cc(-c4cccc5c6cc7ccccc7c7c8nc9c(cc8n(c45)c67)c4cccc5c6cc7ccccc7cc6n9c54)ccc32)cc1. The predicted octanol–water partition coefficient (Wildman–Crippen LogP) is 14.5. The summed E-state index contributed by atoms with van der Waals surface area (Å²) < 4.78 is 7.37. The van der Waals surface area contributed by atoms with Crippen molar-refractivity contribution in [3.8, 4) is 16.8 Å². The van der Waals surface area contributed by atoms with E-state index in [0.29, 0.717) is 0 Å². The standard InChI is InChI=1S/C55H30N4/c1-2-15-35(16-3-1)57-46-23-9-8-18-38(46)42-27-34(24-25-47(42)57)37-19-10-21-40-44-28-33-14-6-7-17-36(33)50-51-49(58(52(37)40)54(44)50)30-45-41-22-11-20-39-43-26-31-12-4-5-13-32(31)29-48(43)59(53(39)41)55(45)56-51/h1-30H. The molecule has 0 saturated carbocycles. The maximum absolute atomic E-state index is 5.79. The number of rotatable bonds is 2. The molecule has 0 unspecified atom stereocenters. The third-order valence-corrected chi connectivity index (χ3v) is 13.4. The Morgan fingerprint density at radius 1 is 0.339 bits per heavy atom. The lowest BCUT2D eigenvalue weighted by atomic mass is 9.98. The van der Waals surface area contributed by atoms with Gasteiger partial charge in [0.1, 0.15) is 5.65 Å². The molecule has 4 nitrogen and oxygen atoms in total. The van der Waals surface area contributed by atoms with Crippen molar-refractivity contribution in [2.75, 3.05) is 0 Å². The highest BCUT2D eigenvalue weighted by molar-refractivity contribution is 6.33. The quantitative estimate of drug-likeness (QED) is 0.173. The fourth-order valence-corrected chi connectivity index (χ4v) is 11.0. The van der Waals surface area contributed by atoms with E-state index in [2.05, 4.69) is 195 Å². The highest BCUT2D eigenvalue weighted by Crippen LogP contribution is 2.48. The molecule has 0 N–H and O–H groups in total. The van der Waals surface area contributed by atoms with Crippen LogP contribution >= 0.6 is 0 Å². The van der Waals surface area contributed by atoms with Gasteiger partial charge in [0, 0.05) is 59.7 Å². The van der Waals surface area contributed by atoms with Gasteiger partial charge in [-0.15, -0.1) is 0 Å². The maximum Gasteiger partial charge on any atom is 0.146 e. The largest absolute Gasteiger partial charge is 0.309 e. The molecule has 6 aromatic heterocycles. The van der Waals surface area contributed by atoms with Crippen molar-refractivity contribution >= 4 is 120 Å². The first kappa shape index (κ1) is 30.2. The Bertz CT molecular complexity index is 4300. The van der Waals surface area contributed by atoms with E-state index in [1.165, 1.54) is 120 Å². The molecule has 0 aliphatic carbocycles. The Morgan fingerprint density at radius 2 is 0.983 bits per heavy atom. The van der Waals surface area contributed by atoms with Crippen LogP contribution in [0.1, 0.15) is 0 Å². The predicted molar refractivity (Wildman–Crippen MR) is 248 cm³/mol. The first-order valence-corrected chi connectivity index (χ1v) is 20.4. The summed E-state index contributed by atoms with van der Waals surface area (Å²) in [4.78, 5) is 5.79. The van der Waals surface area contributed by atoms with Crippen molar-refractivity contribution in [3.63, 3.8) is 0 Å². The van der Waals surface area contributed by atoms with E-state index in [4.69, 9.17) is 4.98 Å². The van der Waals surface area contributed by atoms with Crippen LogP contribution in [-0.4, -0.2) is 18.4 Å². The Kier molecular flexibility index (Phi) is 5.38. The number of hydrogen-bond acceptors (Lipinski definition) is 1. The van der Waals surface area contributed by atoms with Crippen LogP contribution in [0.15, 0.2) is 182 Å². The van der Waals surface area contributed by atoms with Gasteiger partial charge in [0.05, 0.1) is 44.1 Å². The molecule has 0 saturated heterocycles. The Balaban J connectivity index is 1.10. The summed E-state index contributed by atoms with van der Waals surface area (Å²) in [5.41, 5.74) is 14.1. The minimum Gasteiger partial charge on any atom is -0.309 e. The van der Waals surface area contributed by atoms with E-state index in [0.717, 1.165) is 16.7 Å². The van der Waals surface area contributed by atoms with E-state index >= 15 is 0 Å². The van der Waals surface area contributed by atoms with Gasteiger partial charge in [-0.2, -0.15) is 0 Å². The van der Waals surface area contributed by atoms with E-state index in [1.807, 2.05) is 0 Å². The smallest absolute Gasteiger partial charge is 0.146 e.